The number of hydrogen-bond donors (Lipinski definition) is 0. The van der Waals surface area contributed by atoms with Gasteiger partial charge in [-0.2, -0.15) is 0 Å². The van der Waals surface area contributed by atoms with Gasteiger partial charge in [-0.25, -0.2) is 0 Å². The molecule has 0 heteroatoms. The molecule has 0 nitrogen and oxygen atoms in total. The summed E-state index contributed by atoms with van der Waals surface area (Å²) < 4.78 is 0. The van der Waals surface area contributed by atoms with Gasteiger partial charge in [0.2, 0.25) is 0 Å². The van der Waals surface area contributed by atoms with Gasteiger partial charge >= 0.3 is 0 Å². The van der Waals surface area contributed by atoms with Crippen molar-refractivity contribution in [1.29, 1.82) is 0 Å². The topological polar surface area (TPSA) is 0 Å². The van der Waals surface area contributed by atoms with Gasteiger partial charge in [-0.1, -0.05) is 64.4 Å². The molecule has 0 N–H and O–H groups in total. The van der Waals surface area contributed by atoms with E-state index in [1.165, 1.54) is 83.5 Å². The van der Waals surface area contributed by atoms with Crippen LogP contribution in [0.2, 0.25) is 0 Å². The van der Waals surface area contributed by atoms with E-state index in [-0.39, 0.29) is 0 Å². The lowest BCUT2D eigenvalue weighted by atomic mass is 9.64. The van der Waals surface area contributed by atoms with Crippen molar-refractivity contribution in [3.8, 4) is 0 Å². The maximum Gasteiger partial charge on any atom is -0.0121 e. The number of rotatable bonds is 6. The number of unbranched alkanes of at least 4 members (excludes halogenated alkanes) is 2. The summed E-state index contributed by atoms with van der Waals surface area (Å²) in [7, 11) is 0. The van der Waals surface area contributed by atoms with Crippen molar-refractivity contribution in [2.24, 2.45) is 17.3 Å². The van der Waals surface area contributed by atoms with E-state index in [0.717, 1.165) is 11.8 Å². The highest BCUT2D eigenvalue weighted by atomic mass is 14.4. The third-order valence-electron chi connectivity index (χ3n) is 6.05. The molecule has 2 rings (SSSR count). The van der Waals surface area contributed by atoms with Crippen LogP contribution in [-0.2, 0) is 0 Å². The summed E-state index contributed by atoms with van der Waals surface area (Å²) in [4.78, 5) is 0. The van der Waals surface area contributed by atoms with Crippen molar-refractivity contribution < 1.29 is 0 Å². The zero-order valence-corrected chi connectivity index (χ0v) is 13.1. The number of hydrogen-bond acceptors (Lipinski definition) is 0. The second-order valence-electron chi connectivity index (χ2n) is 7.26. The Bertz CT molecular complexity index is 251. The van der Waals surface area contributed by atoms with Gasteiger partial charge in [0.1, 0.15) is 0 Å². The first-order valence-corrected chi connectivity index (χ1v) is 8.93. The Hall–Kier alpha value is -0.260. The van der Waals surface area contributed by atoms with Crippen LogP contribution in [0.5, 0.6) is 0 Å². The summed E-state index contributed by atoms with van der Waals surface area (Å²) in [5, 5.41) is 0. The van der Waals surface area contributed by atoms with Crippen LogP contribution >= 0.6 is 0 Å². The van der Waals surface area contributed by atoms with Crippen LogP contribution in [0.4, 0.5) is 0 Å². The lowest BCUT2D eigenvalue weighted by Gasteiger charge is -2.42. The Morgan fingerprint density at radius 1 is 0.947 bits per heavy atom. The largest absolute Gasteiger partial charge is 0.103 e. The van der Waals surface area contributed by atoms with Gasteiger partial charge in [0.05, 0.1) is 0 Å². The maximum atomic E-state index is 4.17. The normalized spacial score (nSPS) is 33.2. The summed E-state index contributed by atoms with van der Waals surface area (Å²) in [5.74, 6) is 2.13. The highest BCUT2D eigenvalue weighted by Gasteiger charge is 2.35. The molecular formula is C19H34. The van der Waals surface area contributed by atoms with E-state index >= 15 is 0 Å². The van der Waals surface area contributed by atoms with E-state index in [0.29, 0.717) is 5.41 Å². The highest BCUT2D eigenvalue weighted by molar-refractivity contribution is 4.98. The first-order valence-electron chi connectivity index (χ1n) is 8.93. The molecule has 0 aromatic heterocycles. The van der Waals surface area contributed by atoms with Crippen LogP contribution in [0.25, 0.3) is 0 Å². The molecule has 2 saturated carbocycles. The molecule has 2 aliphatic rings. The fourth-order valence-corrected chi connectivity index (χ4v) is 4.58. The summed E-state index contributed by atoms with van der Waals surface area (Å²) in [6.07, 6.45) is 21.3. The zero-order chi connectivity index (χ0) is 13.6. The molecule has 19 heavy (non-hydrogen) atoms. The van der Waals surface area contributed by atoms with Crippen molar-refractivity contribution in [3.05, 3.63) is 12.7 Å². The zero-order valence-electron chi connectivity index (χ0n) is 13.1. The van der Waals surface area contributed by atoms with E-state index in [1.807, 2.05) is 0 Å². The Morgan fingerprint density at radius 3 is 2.16 bits per heavy atom. The van der Waals surface area contributed by atoms with Gasteiger partial charge in [0.25, 0.3) is 0 Å². The van der Waals surface area contributed by atoms with Gasteiger partial charge in [-0.15, -0.1) is 6.58 Å². The Kier molecular flexibility index (Phi) is 5.98. The third kappa shape index (κ3) is 4.10. The van der Waals surface area contributed by atoms with Crippen molar-refractivity contribution in [2.75, 3.05) is 0 Å². The fourth-order valence-electron chi connectivity index (χ4n) is 4.58. The second kappa shape index (κ2) is 7.50. The Balaban J connectivity index is 1.80. The molecule has 2 fully saturated rings. The van der Waals surface area contributed by atoms with Crippen LogP contribution in [0, 0.1) is 17.3 Å². The van der Waals surface area contributed by atoms with Crippen molar-refractivity contribution in [2.45, 2.75) is 90.4 Å². The predicted molar refractivity (Wildman–Crippen MR) is 85.3 cm³/mol. The SMILES string of the molecule is C=CC1(CCCCC)CCC(C2CCCCC2)CC1. The summed E-state index contributed by atoms with van der Waals surface area (Å²) in [6, 6.07) is 0. The van der Waals surface area contributed by atoms with Crippen LogP contribution < -0.4 is 0 Å². The summed E-state index contributed by atoms with van der Waals surface area (Å²) in [6.45, 7) is 6.48. The maximum absolute atomic E-state index is 4.17. The molecule has 0 aromatic rings. The van der Waals surface area contributed by atoms with E-state index < -0.39 is 0 Å². The minimum atomic E-state index is 0.514. The van der Waals surface area contributed by atoms with Crippen molar-refractivity contribution >= 4 is 0 Å². The van der Waals surface area contributed by atoms with Gasteiger partial charge in [0.15, 0.2) is 0 Å². The monoisotopic (exact) mass is 262 g/mol. The quantitative estimate of drug-likeness (QED) is 0.378. The average Bonchev–Trinajstić information content (AvgIpc) is 2.49. The van der Waals surface area contributed by atoms with Gasteiger partial charge < -0.3 is 0 Å². The summed E-state index contributed by atoms with van der Waals surface area (Å²) in [5.41, 5.74) is 0.514. The van der Waals surface area contributed by atoms with E-state index in [4.69, 9.17) is 0 Å². The average molecular weight is 262 g/mol. The minimum Gasteiger partial charge on any atom is -0.103 e. The molecule has 110 valence electrons. The number of allylic oxidation sites excluding steroid dienone is 1. The standard InChI is InChI=1S/C19H34/c1-3-5-9-14-19(4-2)15-12-18(13-16-19)17-10-7-6-8-11-17/h4,17-18H,2-3,5-16H2,1H3. The third-order valence-corrected chi connectivity index (χ3v) is 6.05. The molecule has 0 saturated heterocycles. The molecule has 0 unspecified atom stereocenters. The molecule has 0 bridgehead atoms. The molecule has 0 radical (unpaired) electrons. The molecule has 0 aromatic carbocycles. The van der Waals surface area contributed by atoms with Gasteiger partial charge in [0, 0.05) is 0 Å². The lowest BCUT2D eigenvalue weighted by molar-refractivity contribution is 0.125. The van der Waals surface area contributed by atoms with Crippen LogP contribution in [0.15, 0.2) is 12.7 Å². The smallest absolute Gasteiger partial charge is 0.0121 e. The molecule has 2 aliphatic carbocycles. The first kappa shape index (κ1) is 15.1. The van der Waals surface area contributed by atoms with Crippen molar-refractivity contribution in [1.82, 2.24) is 0 Å². The molecule has 0 atom stereocenters. The van der Waals surface area contributed by atoms with Crippen LogP contribution in [0.1, 0.15) is 90.4 Å². The van der Waals surface area contributed by atoms with Crippen molar-refractivity contribution in [3.63, 3.8) is 0 Å². The second-order valence-corrected chi connectivity index (χ2v) is 7.26. The Labute approximate surface area is 121 Å². The molecule has 0 amide bonds. The fraction of sp³-hybridized carbons (Fsp3) is 0.895. The van der Waals surface area contributed by atoms with E-state index in [2.05, 4.69) is 19.6 Å². The van der Waals surface area contributed by atoms with Gasteiger partial charge in [-0.05, 0) is 49.4 Å². The van der Waals surface area contributed by atoms with Crippen LogP contribution in [-0.4, -0.2) is 0 Å². The van der Waals surface area contributed by atoms with Crippen LogP contribution in [0.3, 0.4) is 0 Å². The molecule has 0 aliphatic heterocycles. The lowest BCUT2D eigenvalue weighted by Crippen LogP contribution is -2.29. The van der Waals surface area contributed by atoms with E-state index in [1.54, 1.807) is 0 Å². The molecule has 0 spiro atoms. The first-order chi connectivity index (χ1) is 9.29. The summed E-state index contributed by atoms with van der Waals surface area (Å²) >= 11 is 0. The minimum absolute atomic E-state index is 0.514. The van der Waals surface area contributed by atoms with Gasteiger partial charge in [-0.3, -0.25) is 0 Å². The molecule has 0 heterocycles. The predicted octanol–water partition coefficient (Wildman–Crippen LogP) is 6.51. The Morgan fingerprint density at radius 2 is 1.58 bits per heavy atom. The highest BCUT2D eigenvalue weighted by Crippen LogP contribution is 2.47. The molecular weight excluding hydrogens is 228 g/mol. The van der Waals surface area contributed by atoms with E-state index in [9.17, 15) is 0 Å².